The monoisotopic (exact) mass is 593 g/mol. The summed E-state index contributed by atoms with van der Waals surface area (Å²) in [4.78, 5) is 26.5. The summed E-state index contributed by atoms with van der Waals surface area (Å²) in [6.07, 6.45) is 2.48. The minimum absolute atomic E-state index is 0.0919. The van der Waals surface area contributed by atoms with Crippen molar-refractivity contribution >= 4 is 23.3 Å². The van der Waals surface area contributed by atoms with Crippen LogP contribution in [0, 0.1) is 12.8 Å². The fraction of sp³-hybridized carbons (Fsp3) is 0.361. The normalized spacial score (nSPS) is 14.6. The first kappa shape index (κ1) is 31.0. The van der Waals surface area contributed by atoms with E-state index in [4.69, 9.17) is 9.84 Å². The van der Waals surface area contributed by atoms with E-state index in [2.05, 4.69) is 36.7 Å². The summed E-state index contributed by atoms with van der Waals surface area (Å²) >= 11 is 0. The molecule has 1 unspecified atom stereocenters. The molecule has 0 saturated carbocycles. The van der Waals surface area contributed by atoms with Gasteiger partial charge in [-0.05, 0) is 98.8 Å². The first-order valence-electron chi connectivity index (χ1n) is 15.3. The second kappa shape index (κ2) is 13.5. The Morgan fingerprint density at radius 3 is 2.23 bits per heavy atom. The van der Waals surface area contributed by atoms with E-state index in [9.17, 15) is 9.59 Å². The Hall–Kier alpha value is -4.43. The topological polar surface area (TPSA) is 97.3 Å². The number of piperidine rings is 1. The number of ether oxygens (including phenoxy) is 1. The summed E-state index contributed by atoms with van der Waals surface area (Å²) in [7, 11) is 1.62. The third-order valence-electron chi connectivity index (χ3n) is 8.36. The van der Waals surface area contributed by atoms with E-state index in [0.717, 1.165) is 54.2 Å². The number of urea groups is 1. The molecule has 230 valence electrons. The van der Waals surface area contributed by atoms with Gasteiger partial charge >= 0.3 is 6.03 Å². The molecule has 8 nitrogen and oxygen atoms in total. The standard InChI is InChI=1S/C36H43N5O3/c1-24-6-14-29(15-7-24)41-34(23-33(40-41)36(2,3)4)39-35(43)38-28-12-8-25(9-13-28)31(26-18-20-37-21-19-26)22-32(42)27-10-16-30(44-5)17-11-27/h6-17,23,26,31,37H,18-22H2,1-5H3,(H2,38,39,43). The van der Waals surface area contributed by atoms with Gasteiger partial charge in [-0.2, -0.15) is 5.10 Å². The van der Waals surface area contributed by atoms with Gasteiger partial charge in [-0.1, -0.05) is 50.6 Å². The van der Waals surface area contributed by atoms with Crippen LogP contribution in [0.2, 0.25) is 0 Å². The molecule has 2 amide bonds. The predicted octanol–water partition coefficient (Wildman–Crippen LogP) is 7.49. The lowest BCUT2D eigenvalue weighted by Crippen LogP contribution is -2.31. The highest BCUT2D eigenvalue weighted by Gasteiger charge is 2.28. The number of methoxy groups -OCH3 is 1. The third kappa shape index (κ3) is 7.55. The molecule has 4 aromatic rings. The molecule has 0 aliphatic carbocycles. The Bertz CT molecular complexity index is 1560. The molecule has 1 aliphatic rings. The van der Waals surface area contributed by atoms with Crippen LogP contribution in [0.5, 0.6) is 5.75 Å². The molecular weight excluding hydrogens is 550 g/mol. The Morgan fingerprint density at radius 2 is 1.61 bits per heavy atom. The molecule has 2 heterocycles. The number of Topliss-reactive ketones (excluding diaryl/α,β-unsaturated/α-hetero) is 1. The van der Waals surface area contributed by atoms with Gasteiger partial charge in [-0.25, -0.2) is 9.48 Å². The van der Waals surface area contributed by atoms with Gasteiger partial charge < -0.3 is 15.4 Å². The van der Waals surface area contributed by atoms with Crippen LogP contribution in [0.1, 0.15) is 73.1 Å². The van der Waals surface area contributed by atoms with Crippen LogP contribution in [0.3, 0.4) is 0 Å². The van der Waals surface area contributed by atoms with Crippen LogP contribution in [0.25, 0.3) is 5.69 Å². The lowest BCUT2D eigenvalue weighted by molar-refractivity contribution is 0.0959. The van der Waals surface area contributed by atoms with Crippen LogP contribution in [0.15, 0.2) is 78.9 Å². The Labute approximate surface area is 260 Å². The molecule has 1 saturated heterocycles. The van der Waals surface area contributed by atoms with Gasteiger partial charge in [0.1, 0.15) is 11.6 Å². The van der Waals surface area contributed by atoms with E-state index in [1.165, 1.54) is 0 Å². The zero-order valence-electron chi connectivity index (χ0n) is 26.3. The Morgan fingerprint density at radius 1 is 0.955 bits per heavy atom. The van der Waals surface area contributed by atoms with Crippen molar-refractivity contribution in [2.45, 2.75) is 58.3 Å². The summed E-state index contributed by atoms with van der Waals surface area (Å²) in [5, 5.41) is 14.2. The van der Waals surface area contributed by atoms with Crippen molar-refractivity contribution in [2.75, 3.05) is 30.8 Å². The van der Waals surface area contributed by atoms with E-state index < -0.39 is 0 Å². The largest absolute Gasteiger partial charge is 0.497 e. The van der Waals surface area contributed by atoms with Crippen LogP contribution < -0.4 is 20.7 Å². The summed E-state index contributed by atoms with van der Waals surface area (Å²) in [6.45, 7) is 10.2. The Balaban J connectivity index is 1.31. The predicted molar refractivity (Wildman–Crippen MR) is 176 cm³/mol. The zero-order valence-corrected chi connectivity index (χ0v) is 26.3. The number of carbonyl (C=O) groups excluding carboxylic acids is 2. The average molecular weight is 594 g/mol. The lowest BCUT2D eigenvalue weighted by Gasteiger charge is -2.31. The number of ketones is 1. The summed E-state index contributed by atoms with van der Waals surface area (Å²) in [5.74, 6) is 1.94. The number of anilines is 2. The molecular formula is C36H43N5O3. The van der Waals surface area contributed by atoms with Crippen LogP contribution >= 0.6 is 0 Å². The van der Waals surface area contributed by atoms with Gasteiger partial charge in [0.05, 0.1) is 18.5 Å². The maximum absolute atomic E-state index is 13.3. The second-order valence-corrected chi connectivity index (χ2v) is 12.7. The first-order chi connectivity index (χ1) is 21.1. The third-order valence-corrected chi connectivity index (χ3v) is 8.36. The Kier molecular flexibility index (Phi) is 9.49. The van der Waals surface area contributed by atoms with E-state index in [1.807, 2.05) is 85.8 Å². The van der Waals surface area contributed by atoms with E-state index in [1.54, 1.807) is 11.8 Å². The zero-order chi connectivity index (χ0) is 31.3. The van der Waals surface area contributed by atoms with Crippen molar-refractivity contribution in [3.63, 3.8) is 0 Å². The lowest BCUT2D eigenvalue weighted by atomic mass is 9.77. The van der Waals surface area contributed by atoms with E-state index in [0.29, 0.717) is 29.4 Å². The molecule has 1 atom stereocenters. The molecule has 1 fully saturated rings. The molecule has 1 aliphatic heterocycles. The number of nitrogens with zero attached hydrogens (tertiary/aromatic N) is 2. The van der Waals surface area contributed by atoms with Crippen LogP contribution in [-0.2, 0) is 5.41 Å². The molecule has 0 spiro atoms. The SMILES string of the molecule is COc1ccc(C(=O)CC(c2ccc(NC(=O)Nc3cc(C(C)(C)C)nn3-c3ccc(C)cc3)cc2)C2CCNCC2)cc1. The van der Waals surface area contributed by atoms with Crippen molar-refractivity contribution in [3.8, 4) is 11.4 Å². The summed E-state index contributed by atoms with van der Waals surface area (Å²) < 4.78 is 7.02. The number of rotatable bonds is 9. The van der Waals surface area contributed by atoms with Gasteiger partial charge in [-0.15, -0.1) is 0 Å². The average Bonchev–Trinajstić information content (AvgIpc) is 3.45. The number of carbonyl (C=O) groups is 2. The number of aromatic nitrogens is 2. The van der Waals surface area contributed by atoms with E-state index >= 15 is 0 Å². The van der Waals surface area contributed by atoms with Crippen molar-refractivity contribution in [1.29, 1.82) is 0 Å². The maximum Gasteiger partial charge on any atom is 0.324 e. The highest BCUT2D eigenvalue weighted by molar-refractivity contribution is 5.99. The van der Waals surface area contributed by atoms with Crippen LogP contribution in [0.4, 0.5) is 16.3 Å². The van der Waals surface area contributed by atoms with E-state index in [-0.39, 0.29) is 23.1 Å². The number of hydrogen-bond acceptors (Lipinski definition) is 5. The van der Waals surface area contributed by atoms with Gasteiger partial charge in [0.25, 0.3) is 0 Å². The molecule has 0 radical (unpaired) electrons. The molecule has 5 rings (SSSR count). The number of hydrogen-bond donors (Lipinski definition) is 3. The van der Waals surface area contributed by atoms with Crippen LogP contribution in [-0.4, -0.2) is 41.8 Å². The highest BCUT2D eigenvalue weighted by Crippen LogP contribution is 2.36. The smallest absolute Gasteiger partial charge is 0.324 e. The summed E-state index contributed by atoms with van der Waals surface area (Å²) in [6, 6.07) is 24.9. The highest BCUT2D eigenvalue weighted by atomic mass is 16.5. The minimum Gasteiger partial charge on any atom is -0.497 e. The fourth-order valence-corrected chi connectivity index (χ4v) is 5.71. The van der Waals surface area contributed by atoms with Crippen molar-refractivity contribution in [1.82, 2.24) is 15.1 Å². The van der Waals surface area contributed by atoms with Gasteiger partial charge in [0, 0.05) is 29.2 Å². The molecule has 8 heteroatoms. The summed E-state index contributed by atoms with van der Waals surface area (Å²) in [5.41, 5.74) is 5.20. The van der Waals surface area contributed by atoms with Gasteiger partial charge in [-0.3, -0.25) is 10.1 Å². The first-order valence-corrected chi connectivity index (χ1v) is 15.3. The fourth-order valence-electron chi connectivity index (χ4n) is 5.71. The maximum atomic E-state index is 13.3. The second-order valence-electron chi connectivity index (χ2n) is 12.7. The number of amides is 2. The van der Waals surface area contributed by atoms with Gasteiger partial charge in [0.15, 0.2) is 5.78 Å². The quantitative estimate of drug-likeness (QED) is 0.175. The van der Waals surface area contributed by atoms with Gasteiger partial charge in [0.2, 0.25) is 0 Å². The molecule has 3 N–H and O–H groups in total. The molecule has 3 aromatic carbocycles. The number of aryl methyl sites for hydroxylation is 1. The number of nitrogens with one attached hydrogen (secondary N) is 3. The van der Waals surface area contributed by atoms with Crippen molar-refractivity contribution < 1.29 is 14.3 Å². The van der Waals surface area contributed by atoms with Crippen molar-refractivity contribution in [2.24, 2.45) is 5.92 Å². The molecule has 44 heavy (non-hydrogen) atoms. The number of benzene rings is 3. The minimum atomic E-state index is -0.351. The van der Waals surface area contributed by atoms with Crippen molar-refractivity contribution in [3.05, 3.63) is 101 Å². The molecule has 0 bridgehead atoms. The molecule has 1 aromatic heterocycles.